The molecule has 1 rings (SSSR count). The van der Waals surface area contributed by atoms with Crippen LogP contribution in [0, 0.1) is 5.92 Å². The molecule has 0 bridgehead atoms. The average Bonchev–Trinajstić information content (AvgIpc) is 2.44. The molecule has 0 aromatic carbocycles. The minimum atomic E-state index is -3.81. The quantitative estimate of drug-likeness (QED) is 0.594. The van der Waals surface area contributed by atoms with E-state index >= 15 is 0 Å². The molecule has 3 unspecified atom stereocenters. The molecule has 122 valence electrons. The van der Waals surface area contributed by atoms with Gasteiger partial charge in [-0.3, -0.25) is 19.1 Å². The first-order valence-corrected chi connectivity index (χ1v) is 8.85. The lowest BCUT2D eigenvalue weighted by Gasteiger charge is -2.24. The fraction of sp³-hybridized carbons (Fsp3) is 0.500. The van der Waals surface area contributed by atoms with E-state index in [1.165, 1.54) is 6.20 Å². The molecule has 0 saturated carbocycles. The summed E-state index contributed by atoms with van der Waals surface area (Å²) < 4.78 is 12.6. The summed E-state index contributed by atoms with van der Waals surface area (Å²) in [6.45, 7) is 1.74. The highest BCUT2D eigenvalue weighted by atomic mass is 31.2. The van der Waals surface area contributed by atoms with Gasteiger partial charge in [-0.05, 0) is 24.5 Å². The molecule has 0 fully saturated rings. The highest BCUT2D eigenvalue weighted by molar-refractivity contribution is 7.58. The van der Waals surface area contributed by atoms with Crippen molar-refractivity contribution < 1.29 is 29.3 Å². The van der Waals surface area contributed by atoms with E-state index in [2.05, 4.69) is 4.98 Å². The summed E-state index contributed by atoms with van der Waals surface area (Å²) in [5.74, 6) is -3.53. The molecular weight excluding hydrogens is 309 g/mol. The summed E-state index contributed by atoms with van der Waals surface area (Å²) in [5.41, 5.74) is -0.119. The van der Waals surface area contributed by atoms with Crippen LogP contribution >= 0.6 is 7.37 Å². The number of carboxylic acids is 2. The van der Waals surface area contributed by atoms with Crippen molar-refractivity contribution in [2.24, 2.45) is 5.92 Å². The van der Waals surface area contributed by atoms with Gasteiger partial charge in [-0.15, -0.1) is 0 Å². The third kappa shape index (κ3) is 5.24. The molecule has 1 aromatic heterocycles. The molecule has 8 heteroatoms. The van der Waals surface area contributed by atoms with Gasteiger partial charge in [0, 0.05) is 25.0 Å². The number of rotatable bonds is 9. The van der Waals surface area contributed by atoms with Gasteiger partial charge < -0.3 is 15.1 Å². The van der Waals surface area contributed by atoms with Crippen LogP contribution in [0.4, 0.5) is 0 Å². The topological polar surface area (TPSA) is 125 Å². The van der Waals surface area contributed by atoms with Gasteiger partial charge in [0.15, 0.2) is 0 Å². The summed E-state index contributed by atoms with van der Waals surface area (Å²) in [6, 6.07) is 3.33. The van der Waals surface area contributed by atoms with Crippen molar-refractivity contribution in [1.82, 2.24) is 4.98 Å². The van der Waals surface area contributed by atoms with Crippen molar-refractivity contribution in [2.75, 3.05) is 6.16 Å². The number of hydrogen-bond donors (Lipinski definition) is 3. The van der Waals surface area contributed by atoms with Crippen LogP contribution in [-0.4, -0.2) is 38.2 Å². The molecule has 3 N–H and O–H groups in total. The van der Waals surface area contributed by atoms with E-state index in [9.17, 15) is 19.0 Å². The number of carbonyl (C=O) groups is 2. The Hall–Kier alpha value is -1.72. The van der Waals surface area contributed by atoms with Crippen LogP contribution in [0.5, 0.6) is 0 Å². The van der Waals surface area contributed by atoms with Gasteiger partial charge in [-0.1, -0.05) is 13.0 Å². The number of pyridine rings is 1. The third-order valence-corrected chi connectivity index (χ3v) is 6.08. The largest absolute Gasteiger partial charge is 0.481 e. The van der Waals surface area contributed by atoms with Crippen LogP contribution < -0.4 is 0 Å². The van der Waals surface area contributed by atoms with Crippen molar-refractivity contribution in [3.05, 3.63) is 30.1 Å². The maximum atomic E-state index is 12.6. The van der Waals surface area contributed by atoms with Crippen LogP contribution in [0.3, 0.4) is 0 Å². The normalized spacial score (nSPS) is 16.5. The van der Waals surface area contributed by atoms with E-state index in [0.717, 1.165) is 0 Å². The monoisotopic (exact) mass is 329 g/mol. The molecular formula is C14H20NO6P. The second-order valence-corrected chi connectivity index (χ2v) is 7.62. The Balaban J connectivity index is 2.92. The first kappa shape index (κ1) is 18.3. The van der Waals surface area contributed by atoms with Crippen LogP contribution in [0.2, 0.25) is 0 Å². The zero-order chi connectivity index (χ0) is 16.8. The number of aromatic nitrogens is 1. The summed E-state index contributed by atoms with van der Waals surface area (Å²) in [7, 11) is -3.81. The molecule has 0 aliphatic heterocycles. The Kier molecular flexibility index (Phi) is 6.71. The zero-order valence-electron chi connectivity index (χ0n) is 12.3. The van der Waals surface area contributed by atoms with Gasteiger partial charge in [0.2, 0.25) is 7.37 Å². The second kappa shape index (κ2) is 8.06. The molecule has 0 aliphatic rings. The van der Waals surface area contributed by atoms with Crippen LogP contribution in [-0.2, 0) is 14.2 Å². The molecule has 0 amide bonds. The second-order valence-electron chi connectivity index (χ2n) is 5.12. The minimum Gasteiger partial charge on any atom is -0.481 e. The van der Waals surface area contributed by atoms with Crippen molar-refractivity contribution in [3.63, 3.8) is 0 Å². The highest BCUT2D eigenvalue weighted by Gasteiger charge is 2.36. The summed E-state index contributed by atoms with van der Waals surface area (Å²) >= 11 is 0. The lowest BCUT2D eigenvalue weighted by atomic mass is 10.1. The fourth-order valence-electron chi connectivity index (χ4n) is 2.36. The van der Waals surface area contributed by atoms with E-state index in [-0.39, 0.29) is 12.8 Å². The smallest absolute Gasteiger partial charge is 0.307 e. The predicted octanol–water partition coefficient (Wildman–Crippen LogP) is 2.37. The van der Waals surface area contributed by atoms with Crippen LogP contribution in [0.15, 0.2) is 24.5 Å². The van der Waals surface area contributed by atoms with Gasteiger partial charge in [-0.2, -0.15) is 0 Å². The van der Waals surface area contributed by atoms with Gasteiger partial charge >= 0.3 is 11.9 Å². The minimum absolute atomic E-state index is 0.168. The van der Waals surface area contributed by atoms with Gasteiger partial charge in [0.25, 0.3) is 0 Å². The number of hydrogen-bond acceptors (Lipinski definition) is 4. The van der Waals surface area contributed by atoms with Crippen molar-refractivity contribution in [2.45, 2.75) is 31.8 Å². The SMILES string of the molecule is CCC(c1cccnc1)P(=O)(O)CC(CCC(=O)O)C(=O)O. The molecule has 1 aromatic rings. The zero-order valence-corrected chi connectivity index (χ0v) is 13.1. The molecule has 3 atom stereocenters. The number of aliphatic carboxylic acids is 2. The molecule has 0 radical (unpaired) electrons. The molecule has 1 heterocycles. The molecule has 0 saturated heterocycles. The lowest BCUT2D eigenvalue weighted by molar-refractivity contribution is -0.142. The van der Waals surface area contributed by atoms with Crippen molar-refractivity contribution in [1.29, 1.82) is 0 Å². The van der Waals surface area contributed by atoms with Crippen LogP contribution in [0.1, 0.15) is 37.4 Å². The maximum absolute atomic E-state index is 12.6. The lowest BCUT2D eigenvalue weighted by Crippen LogP contribution is -2.21. The summed E-state index contributed by atoms with van der Waals surface area (Å²) in [4.78, 5) is 36.0. The molecule has 22 heavy (non-hydrogen) atoms. The Morgan fingerprint density at radius 3 is 2.50 bits per heavy atom. The Bertz CT molecular complexity index is 562. The van der Waals surface area contributed by atoms with E-state index in [0.29, 0.717) is 12.0 Å². The van der Waals surface area contributed by atoms with E-state index in [1.807, 2.05) is 0 Å². The predicted molar refractivity (Wildman–Crippen MR) is 80.0 cm³/mol. The van der Waals surface area contributed by atoms with Gasteiger partial charge in [0.05, 0.1) is 11.6 Å². The molecule has 7 nitrogen and oxygen atoms in total. The summed E-state index contributed by atoms with van der Waals surface area (Å²) in [5, 5.41) is 17.8. The fourth-order valence-corrected chi connectivity index (χ4v) is 4.77. The van der Waals surface area contributed by atoms with E-state index in [1.54, 1.807) is 25.3 Å². The van der Waals surface area contributed by atoms with Gasteiger partial charge in [0.1, 0.15) is 0 Å². The molecule has 0 aliphatic carbocycles. The van der Waals surface area contributed by atoms with E-state index in [4.69, 9.17) is 10.2 Å². The number of nitrogens with zero attached hydrogens (tertiary/aromatic N) is 1. The first-order chi connectivity index (χ1) is 10.3. The van der Waals surface area contributed by atoms with E-state index < -0.39 is 37.0 Å². The highest BCUT2D eigenvalue weighted by Crippen LogP contribution is 2.58. The first-order valence-electron chi connectivity index (χ1n) is 6.94. The third-order valence-electron chi connectivity index (χ3n) is 3.48. The van der Waals surface area contributed by atoms with Crippen LogP contribution in [0.25, 0.3) is 0 Å². The Morgan fingerprint density at radius 2 is 2.05 bits per heavy atom. The standard InChI is InChI=1S/C14H20NO6P/c1-2-12(10-4-3-7-15-8-10)22(20,21)9-11(14(18)19)5-6-13(16)17/h3-4,7-8,11-12H,2,5-6,9H2,1H3,(H,16,17)(H,18,19)(H,20,21). The Labute approximate surface area is 128 Å². The maximum Gasteiger partial charge on any atom is 0.307 e. The number of carboxylic acid groups (broad SMARTS) is 2. The van der Waals surface area contributed by atoms with Crippen molar-refractivity contribution >= 4 is 19.3 Å². The summed E-state index contributed by atoms with van der Waals surface area (Å²) in [6.07, 6.45) is 2.45. The van der Waals surface area contributed by atoms with Gasteiger partial charge in [-0.25, -0.2) is 0 Å². The Morgan fingerprint density at radius 1 is 1.36 bits per heavy atom. The van der Waals surface area contributed by atoms with Crippen molar-refractivity contribution in [3.8, 4) is 0 Å². The average molecular weight is 329 g/mol. The molecule has 0 spiro atoms.